The van der Waals surface area contributed by atoms with Gasteiger partial charge in [0.1, 0.15) is 10.7 Å². The minimum absolute atomic E-state index is 0.0217. The number of halogens is 2. The molecule has 21 heavy (non-hydrogen) atoms. The lowest BCUT2D eigenvalue weighted by Crippen LogP contribution is -2.47. The van der Waals surface area contributed by atoms with Gasteiger partial charge in [-0.05, 0) is 50.4 Å². The van der Waals surface area contributed by atoms with E-state index in [1.165, 1.54) is 10.4 Å². The topological polar surface area (TPSA) is 49.4 Å². The maximum atomic E-state index is 13.2. The summed E-state index contributed by atoms with van der Waals surface area (Å²) < 4.78 is 40.5. The van der Waals surface area contributed by atoms with Crippen molar-refractivity contribution in [2.45, 2.75) is 24.3 Å². The van der Waals surface area contributed by atoms with Gasteiger partial charge >= 0.3 is 0 Å². The molecule has 0 saturated carbocycles. The lowest BCUT2D eigenvalue weighted by atomic mass is 9.85. The average Bonchev–Trinajstić information content (AvgIpc) is 2.91. The van der Waals surface area contributed by atoms with E-state index in [1.54, 1.807) is 0 Å². The molecule has 0 aromatic heterocycles. The van der Waals surface area contributed by atoms with Crippen LogP contribution in [-0.4, -0.2) is 37.9 Å². The standard InChI is InChI=1S/C14H18ClFN2O2S/c1-14(2)11-7-17-6-9(11)8-18(14)21(19,20)13-4-3-10(16)5-12(13)15/h3-5,9,11,17H,6-8H2,1-2H3. The zero-order chi connectivity index (χ0) is 15.4. The van der Waals surface area contributed by atoms with E-state index >= 15 is 0 Å². The Hall–Kier alpha value is -0.690. The fraction of sp³-hybridized carbons (Fsp3) is 0.571. The summed E-state index contributed by atoms with van der Waals surface area (Å²) in [5.74, 6) is 0.0567. The van der Waals surface area contributed by atoms with Crippen LogP contribution in [0.15, 0.2) is 23.1 Å². The highest BCUT2D eigenvalue weighted by Gasteiger charge is 2.54. The molecule has 7 heteroatoms. The maximum absolute atomic E-state index is 13.2. The first-order chi connectivity index (χ1) is 9.74. The van der Waals surface area contributed by atoms with E-state index < -0.39 is 21.4 Å². The summed E-state index contributed by atoms with van der Waals surface area (Å²) in [6.45, 7) is 6.01. The highest BCUT2D eigenvalue weighted by Crippen LogP contribution is 2.44. The lowest BCUT2D eigenvalue weighted by Gasteiger charge is -2.34. The lowest BCUT2D eigenvalue weighted by molar-refractivity contribution is 0.233. The van der Waals surface area contributed by atoms with Gasteiger partial charge in [0.2, 0.25) is 10.0 Å². The fourth-order valence-electron chi connectivity index (χ4n) is 3.60. The quantitative estimate of drug-likeness (QED) is 0.902. The zero-order valence-corrected chi connectivity index (χ0v) is 13.5. The molecule has 2 unspecified atom stereocenters. The van der Waals surface area contributed by atoms with Crippen LogP contribution in [0, 0.1) is 17.7 Å². The molecular formula is C14H18ClFN2O2S. The molecule has 0 spiro atoms. The molecule has 2 atom stereocenters. The highest BCUT2D eigenvalue weighted by molar-refractivity contribution is 7.89. The zero-order valence-electron chi connectivity index (χ0n) is 11.9. The van der Waals surface area contributed by atoms with E-state index in [0.29, 0.717) is 12.5 Å². The van der Waals surface area contributed by atoms with Gasteiger partial charge in [0.05, 0.1) is 5.02 Å². The summed E-state index contributed by atoms with van der Waals surface area (Å²) in [6.07, 6.45) is 0. The summed E-state index contributed by atoms with van der Waals surface area (Å²) in [5, 5.41) is 3.24. The van der Waals surface area contributed by atoms with E-state index in [2.05, 4.69) is 5.32 Å². The Balaban J connectivity index is 2.03. The van der Waals surface area contributed by atoms with Crippen LogP contribution >= 0.6 is 11.6 Å². The molecule has 3 rings (SSSR count). The molecule has 2 saturated heterocycles. The van der Waals surface area contributed by atoms with Gasteiger partial charge in [0, 0.05) is 18.6 Å². The average molecular weight is 333 g/mol. The third-order valence-corrected chi connectivity index (χ3v) is 7.29. The number of rotatable bonds is 2. The number of sulfonamides is 1. The van der Waals surface area contributed by atoms with Crippen molar-refractivity contribution >= 4 is 21.6 Å². The number of hydrogen-bond acceptors (Lipinski definition) is 3. The van der Waals surface area contributed by atoms with Gasteiger partial charge in [-0.15, -0.1) is 0 Å². The molecule has 4 nitrogen and oxygen atoms in total. The van der Waals surface area contributed by atoms with Crippen molar-refractivity contribution in [2.24, 2.45) is 11.8 Å². The van der Waals surface area contributed by atoms with Gasteiger partial charge in [-0.1, -0.05) is 11.6 Å². The Morgan fingerprint density at radius 3 is 2.71 bits per heavy atom. The van der Waals surface area contributed by atoms with Gasteiger partial charge in [0.15, 0.2) is 0 Å². The van der Waals surface area contributed by atoms with Gasteiger partial charge in [-0.2, -0.15) is 4.31 Å². The van der Waals surface area contributed by atoms with Crippen molar-refractivity contribution in [3.8, 4) is 0 Å². The van der Waals surface area contributed by atoms with Crippen LogP contribution in [0.2, 0.25) is 5.02 Å². The molecule has 2 aliphatic heterocycles. The van der Waals surface area contributed by atoms with Crippen LogP contribution in [0.5, 0.6) is 0 Å². The molecule has 0 radical (unpaired) electrons. The van der Waals surface area contributed by atoms with Crippen molar-refractivity contribution in [3.05, 3.63) is 29.0 Å². The van der Waals surface area contributed by atoms with Gasteiger partial charge < -0.3 is 5.32 Å². The molecule has 1 aromatic rings. The predicted molar refractivity (Wildman–Crippen MR) is 79.2 cm³/mol. The van der Waals surface area contributed by atoms with Crippen molar-refractivity contribution in [3.63, 3.8) is 0 Å². The van der Waals surface area contributed by atoms with E-state index in [-0.39, 0.29) is 15.8 Å². The molecule has 0 aliphatic carbocycles. The van der Waals surface area contributed by atoms with E-state index in [0.717, 1.165) is 25.2 Å². The van der Waals surface area contributed by atoms with E-state index in [4.69, 9.17) is 11.6 Å². The largest absolute Gasteiger partial charge is 0.316 e. The first kappa shape index (κ1) is 15.2. The number of benzene rings is 1. The first-order valence-corrected chi connectivity index (χ1v) is 8.75. The Morgan fingerprint density at radius 2 is 2.10 bits per heavy atom. The Labute approximate surface area is 129 Å². The summed E-state index contributed by atoms with van der Waals surface area (Å²) in [6, 6.07) is 3.42. The second-order valence-corrected chi connectivity index (χ2v) is 8.53. The molecule has 0 bridgehead atoms. The van der Waals surface area contributed by atoms with Crippen molar-refractivity contribution in [1.82, 2.24) is 9.62 Å². The van der Waals surface area contributed by atoms with E-state index in [1.807, 2.05) is 13.8 Å². The van der Waals surface area contributed by atoms with Crippen LogP contribution in [0.25, 0.3) is 0 Å². The minimum atomic E-state index is -3.73. The third-order valence-electron chi connectivity index (χ3n) is 4.75. The summed E-state index contributed by atoms with van der Waals surface area (Å²) in [5.41, 5.74) is -0.481. The number of nitrogens with one attached hydrogen (secondary N) is 1. The van der Waals surface area contributed by atoms with Crippen molar-refractivity contribution in [2.75, 3.05) is 19.6 Å². The highest BCUT2D eigenvalue weighted by atomic mass is 35.5. The van der Waals surface area contributed by atoms with Crippen LogP contribution in [0.1, 0.15) is 13.8 Å². The van der Waals surface area contributed by atoms with Crippen LogP contribution < -0.4 is 5.32 Å². The number of fused-ring (bicyclic) bond motifs is 1. The minimum Gasteiger partial charge on any atom is -0.316 e. The smallest absolute Gasteiger partial charge is 0.245 e. The van der Waals surface area contributed by atoms with Gasteiger partial charge in [-0.25, -0.2) is 12.8 Å². The SMILES string of the molecule is CC1(C)C2CNCC2CN1S(=O)(=O)c1ccc(F)cc1Cl. The number of nitrogens with zero attached hydrogens (tertiary/aromatic N) is 1. The van der Waals surface area contributed by atoms with Crippen LogP contribution in [-0.2, 0) is 10.0 Å². The second-order valence-electron chi connectivity index (χ2n) is 6.29. The van der Waals surface area contributed by atoms with Gasteiger partial charge in [-0.3, -0.25) is 0 Å². The molecule has 0 amide bonds. The first-order valence-electron chi connectivity index (χ1n) is 6.93. The Kier molecular flexibility index (Phi) is 3.56. The van der Waals surface area contributed by atoms with Crippen LogP contribution in [0.4, 0.5) is 4.39 Å². The third kappa shape index (κ3) is 2.29. The predicted octanol–water partition coefficient (Wildman–Crippen LogP) is 2.10. The number of hydrogen-bond donors (Lipinski definition) is 1. The summed E-state index contributed by atoms with van der Waals surface area (Å²) in [7, 11) is -3.73. The van der Waals surface area contributed by atoms with Crippen molar-refractivity contribution in [1.29, 1.82) is 0 Å². The molecule has 2 heterocycles. The molecule has 2 fully saturated rings. The summed E-state index contributed by atoms with van der Waals surface area (Å²) in [4.78, 5) is -0.0217. The Bertz CT molecular complexity index is 678. The molecule has 1 aromatic carbocycles. The molecule has 2 aliphatic rings. The molecular weight excluding hydrogens is 315 g/mol. The molecule has 116 valence electrons. The Morgan fingerprint density at radius 1 is 1.38 bits per heavy atom. The normalized spacial score (nSPS) is 28.8. The van der Waals surface area contributed by atoms with E-state index in [9.17, 15) is 12.8 Å². The summed E-state index contributed by atoms with van der Waals surface area (Å²) >= 11 is 5.95. The second kappa shape index (κ2) is 4.91. The van der Waals surface area contributed by atoms with Crippen molar-refractivity contribution < 1.29 is 12.8 Å². The fourth-order valence-corrected chi connectivity index (χ4v) is 5.98. The maximum Gasteiger partial charge on any atom is 0.245 e. The van der Waals surface area contributed by atoms with Crippen LogP contribution in [0.3, 0.4) is 0 Å². The monoisotopic (exact) mass is 332 g/mol. The van der Waals surface area contributed by atoms with Gasteiger partial charge in [0.25, 0.3) is 0 Å². The molecule has 1 N–H and O–H groups in total.